The molecule has 1 unspecified atom stereocenters. The summed E-state index contributed by atoms with van der Waals surface area (Å²) in [4.78, 5) is 0. The van der Waals surface area contributed by atoms with E-state index in [0.29, 0.717) is 11.7 Å². The number of rotatable bonds is 5. The standard InChI is InChI=1S/C20H31NO/c22-19-13-11-17(12-14-19)20(16-7-3-1-4-8-16)15-21-18-9-5-2-6-10-18/h11-14,16,18,20-22H,1-10,15H2. The topological polar surface area (TPSA) is 32.3 Å². The van der Waals surface area contributed by atoms with E-state index in [1.54, 1.807) is 0 Å². The highest BCUT2D eigenvalue weighted by molar-refractivity contribution is 5.29. The zero-order chi connectivity index (χ0) is 15.2. The normalized spacial score (nSPS) is 22.5. The van der Waals surface area contributed by atoms with Crippen LogP contribution >= 0.6 is 0 Å². The van der Waals surface area contributed by atoms with Crippen LogP contribution in [0, 0.1) is 5.92 Å². The second-order valence-electron chi connectivity index (χ2n) is 7.34. The molecule has 2 aliphatic rings. The lowest BCUT2D eigenvalue weighted by Gasteiger charge is -2.33. The first-order valence-corrected chi connectivity index (χ1v) is 9.35. The summed E-state index contributed by atoms with van der Waals surface area (Å²) in [6, 6.07) is 8.71. The highest BCUT2D eigenvalue weighted by Gasteiger charge is 2.26. The van der Waals surface area contributed by atoms with Gasteiger partial charge < -0.3 is 10.4 Å². The molecule has 1 aromatic rings. The third-order valence-electron chi connectivity index (χ3n) is 5.77. The van der Waals surface area contributed by atoms with Crippen molar-refractivity contribution in [1.82, 2.24) is 5.32 Å². The summed E-state index contributed by atoms with van der Waals surface area (Å²) in [5, 5.41) is 13.4. The van der Waals surface area contributed by atoms with Gasteiger partial charge in [0, 0.05) is 12.6 Å². The van der Waals surface area contributed by atoms with Crippen molar-refractivity contribution in [2.75, 3.05) is 6.54 Å². The summed E-state index contributed by atoms with van der Waals surface area (Å²) in [6.45, 7) is 1.11. The molecular formula is C20H31NO. The van der Waals surface area contributed by atoms with Crippen LogP contribution in [-0.2, 0) is 0 Å². The van der Waals surface area contributed by atoms with Gasteiger partial charge in [-0.05, 0) is 55.2 Å². The highest BCUT2D eigenvalue weighted by atomic mass is 16.3. The van der Waals surface area contributed by atoms with E-state index in [1.165, 1.54) is 69.8 Å². The summed E-state index contributed by atoms with van der Waals surface area (Å²) >= 11 is 0. The smallest absolute Gasteiger partial charge is 0.115 e. The number of phenolic OH excluding ortho intramolecular Hbond substituents is 1. The van der Waals surface area contributed by atoms with Gasteiger partial charge in [0.15, 0.2) is 0 Å². The van der Waals surface area contributed by atoms with Crippen LogP contribution in [0.1, 0.15) is 75.7 Å². The van der Waals surface area contributed by atoms with Crippen molar-refractivity contribution in [3.8, 4) is 5.75 Å². The molecule has 0 saturated heterocycles. The molecule has 122 valence electrons. The number of hydrogen-bond acceptors (Lipinski definition) is 2. The lowest BCUT2D eigenvalue weighted by Crippen LogP contribution is -2.36. The fourth-order valence-electron chi connectivity index (χ4n) is 4.42. The summed E-state index contributed by atoms with van der Waals surface area (Å²) < 4.78 is 0. The van der Waals surface area contributed by atoms with E-state index in [4.69, 9.17) is 0 Å². The van der Waals surface area contributed by atoms with Gasteiger partial charge in [-0.2, -0.15) is 0 Å². The molecule has 0 amide bonds. The van der Waals surface area contributed by atoms with Crippen LogP contribution in [0.4, 0.5) is 0 Å². The average molecular weight is 301 g/mol. The van der Waals surface area contributed by atoms with Crippen LogP contribution in [-0.4, -0.2) is 17.7 Å². The molecule has 0 aliphatic heterocycles. The summed E-state index contributed by atoms with van der Waals surface area (Å²) in [5.74, 6) is 1.81. The summed E-state index contributed by atoms with van der Waals surface area (Å²) in [7, 11) is 0. The first-order valence-electron chi connectivity index (χ1n) is 9.35. The predicted octanol–water partition coefficient (Wildman–Crippen LogP) is 4.98. The molecule has 1 aromatic carbocycles. The molecule has 2 heteroatoms. The number of nitrogens with one attached hydrogen (secondary N) is 1. The van der Waals surface area contributed by atoms with Gasteiger partial charge in [-0.15, -0.1) is 0 Å². The molecule has 2 N–H and O–H groups in total. The Balaban J connectivity index is 1.66. The third-order valence-corrected chi connectivity index (χ3v) is 5.77. The Kier molecular flexibility index (Phi) is 5.77. The molecule has 0 radical (unpaired) electrons. The first kappa shape index (κ1) is 15.9. The van der Waals surface area contributed by atoms with E-state index in [2.05, 4.69) is 17.4 Å². The molecule has 2 nitrogen and oxygen atoms in total. The van der Waals surface area contributed by atoms with Gasteiger partial charge in [0.05, 0.1) is 0 Å². The van der Waals surface area contributed by atoms with Crippen LogP contribution < -0.4 is 5.32 Å². The van der Waals surface area contributed by atoms with Gasteiger partial charge >= 0.3 is 0 Å². The Bertz CT molecular complexity index is 430. The van der Waals surface area contributed by atoms with Gasteiger partial charge in [-0.25, -0.2) is 0 Å². The van der Waals surface area contributed by atoms with Crippen LogP contribution in [0.3, 0.4) is 0 Å². The number of hydrogen-bond donors (Lipinski definition) is 2. The van der Waals surface area contributed by atoms with Crippen LogP contribution in [0.15, 0.2) is 24.3 Å². The van der Waals surface area contributed by atoms with Gasteiger partial charge in [0.25, 0.3) is 0 Å². The molecular weight excluding hydrogens is 270 g/mol. The second kappa shape index (κ2) is 8.01. The molecule has 0 heterocycles. The van der Waals surface area contributed by atoms with Crippen molar-refractivity contribution >= 4 is 0 Å². The Labute approximate surface area is 135 Å². The SMILES string of the molecule is Oc1ccc(C(CNC2CCCCC2)C2CCCCC2)cc1. The molecule has 0 aromatic heterocycles. The Hall–Kier alpha value is -1.02. The monoisotopic (exact) mass is 301 g/mol. The second-order valence-corrected chi connectivity index (χ2v) is 7.34. The molecule has 0 bridgehead atoms. The van der Waals surface area contributed by atoms with Gasteiger partial charge in [0.1, 0.15) is 5.75 Å². The molecule has 1 atom stereocenters. The molecule has 2 fully saturated rings. The molecule has 22 heavy (non-hydrogen) atoms. The maximum atomic E-state index is 9.57. The lowest BCUT2D eigenvalue weighted by molar-refractivity contribution is 0.279. The zero-order valence-electron chi connectivity index (χ0n) is 13.8. The molecule has 2 aliphatic carbocycles. The quantitative estimate of drug-likeness (QED) is 0.804. The molecule has 3 rings (SSSR count). The number of benzene rings is 1. The van der Waals surface area contributed by atoms with Crippen LogP contribution in [0.2, 0.25) is 0 Å². The van der Waals surface area contributed by atoms with Crippen LogP contribution in [0.5, 0.6) is 5.75 Å². The Morgan fingerprint density at radius 3 is 2.09 bits per heavy atom. The number of aromatic hydroxyl groups is 1. The van der Waals surface area contributed by atoms with E-state index < -0.39 is 0 Å². The van der Waals surface area contributed by atoms with Crippen molar-refractivity contribution in [1.29, 1.82) is 0 Å². The van der Waals surface area contributed by atoms with Gasteiger partial charge in [-0.3, -0.25) is 0 Å². The van der Waals surface area contributed by atoms with Crippen molar-refractivity contribution in [3.05, 3.63) is 29.8 Å². The molecule has 2 saturated carbocycles. The highest BCUT2D eigenvalue weighted by Crippen LogP contribution is 2.36. The summed E-state index contributed by atoms with van der Waals surface area (Å²) in [6.07, 6.45) is 13.9. The maximum Gasteiger partial charge on any atom is 0.115 e. The van der Waals surface area contributed by atoms with Crippen molar-refractivity contribution in [2.45, 2.75) is 76.2 Å². The van der Waals surface area contributed by atoms with E-state index >= 15 is 0 Å². The fourth-order valence-corrected chi connectivity index (χ4v) is 4.42. The minimum absolute atomic E-state index is 0.381. The zero-order valence-corrected chi connectivity index (χ0v) is 13.8. The predicted molar refractivity (Wildman–Crippen MR) is 92.3 cm³/mol. The first-order chi connectivity index (χ1) is 10.8. The van der Waals surface area contributed by atoms with Crippen molar-refractivity contribution in [3.63, 3.8) is 0 Å². The van der Waals surface area contributed by atoms with Gasteiger partial charge in [-0.1, -0.05) is 50.7 Å². The number of phenols is 1. The van der Waals surface area contributed by atoms with E-state index in [9.17, 15) is 5.11 Å². The van der Waals surface area contributed by atoms with E-state index in [-0.39, 0.29) is 0 Å². The average Bonchev–Trinajstić information content (AvgIpc) is 2.58. The fraction of sp³-hybridized carbons (Fsp3) is 0.700. The van der Waals surface area contributed by atoms with Crippen molar-refractivity contribution in [2.24, 2.45) is 5.92 Å². The minimum atomic E-state index is 0.381. The minimum Gasteiger partial charge on any atom is -0.508 e. The third kappa shape index (κ3) is 4.25. The van der Waals surface area contributed by atoms with E-state index in [1.807, 2.05) is 12.1 Å². The lowest BCUT2D eigenvalue weighted by atomic mass is 9.76. The maximum absolute atomic E-state index is 9.57. The molecule has 0 spiro atoms. The summed E-state index contributed by atoms with van der Waals surface area (Å²) in [5.41, 5.74) is 1.41. The Morgan fingerprint density at radius 2 is 1.45 bits per heavy atom. The Morgan fingerprint density at radius 1 is 0.864 bits per heavy atom. The van der Waals surface area contributed by atoms with E-state index in [0.717, 1.165) is 18.5 Å². The van der Waals surface area contributed by atoms with Crippen LogP contribution in [0.25, 0.3) is 0 Å². The van der Waals surface area contributed by atoms with Gasteiger partial charge in [0.2, 0.25) is 0 Å². The largest absolute Gasteiger partial charge is 0.508 e. The van der Waals surface area contributed by atoms with Crippen molar-refractivity contribution < 1.29 is 5.11 Å².